The van der Waals surface area contributed by atoms with E-state index >= 15 is 0 Å². The molecule has 1 radical (unpaired) electrons. The molecule has 0 nitrogen and oxygen atoms in total. The molecule has 0 saturated heterocycles. The lowest BCUT2D eigenvalue weighted by Crippen LogP contribution is -1.85. The average Bonchev–Trinajstić information content (AvgIpc) is 3.04. The molecule has 0 amide bonds. The average molecular weight is 616 g/mol. The number of unbranched alkanes of at least 4 members (excludes halogenated alkanes) is 40. The van der Waals surface area contributed by atoms with E-state index in [1.165, 1.54) is 257 Å². The second kappa shape index (κ2) is 42.7. The maximum Gasteiger partial charge on any atom is -0.0348 e. The van der Waals surface area contributed by atoms with Crippen molar-refractivity contribution in [3.8, 4) is 0 Å². The Morgan fingerprint density at radius 3 is 0.500 bits per heavy atom. The fourth-order valence-electron chi connectivity index (χ4n) is 7.05. The number of allylic oxidation sites excluding steroid dienone is 1. The van der Waals surface area contributed by atoms with Gasteiger partial charge in [0.25, 0.3) is 0 Å². The Balaban J connectivity index is 3.03. The lowest BCUT2D eigenvalue weighted by Gasteiger charge is -2.05. The summed E-state index contributed by atoms with van der Waals surface area (Å²) in [7, 11) is 0. The predicted molar refractivity (Wildman–Crippen MR) is 204 cm³/mol. The molecular formula is C44H87. The van der Waals surface area contributed by atoms with Gasteiger partial charge in [0.05, 0.1) is 0 Å². The van der Waals surface area contributed by atoms with Crippen LogP contribution in [0.2, 0.25) is 0 Å². The lowest BCUT2D eigenvalue weighted by molar-refractivity contribution is 0.509. The lowest BCUT2D eigenvalue weighted by atomic mass is 10.0. The summed E-state index contributed by atoms with van der Waals surface area (Å²) in [6.07, 6.45) is 61.8. The first-order valence-electron chi connectivity index (χ1n) is 21.4. The van der Waals surface area contributed by atoms with Crippen LogP contribution < -0.4 is 0 Å². The van der Waals surface area contributed by atoms with Gasteiger partial charge in [0.1, 0.15) is 0 Å². The van der Waals surface area contributed by atoms with Crippen molar-refractivity contribution in [3.63, 3.8) is 0 Å². The minimum Gasteiger partial charge on any atom is -0.0845 e. The van der Waals surface area contributed by atoms with Crippen molar-refractivity contribution >= 4 is 0 Å². The van der Waals surface area contributed by atoms with Crippen LogP contribution in [0.15, 0.2) is 6.08 Å². The van der Waals surface area contributed by atoms with Crippen molar-refractivity contribution in [2.24, 2.45) is 0 Å². The Labute approximate surface area is 282 Å². The number of rotatable bonds is 41. The highest BCUT2D eigenvalue weighted by molar-refractivity contribution is 4.61. The van der Waals surface area contributed by atoms with Gasteiger partial charge >= 0.3 is 0 Å². The maximum atomic E-state index is 5.43. The molecule has 44 heavy (non-hydrogen) atoms. The molecule has 0 atom stereocenters. The normalized spacial score (nSPS) is 11.5. The van der Waals surface area contributed by atoms with Gasteiger partial charge in [-0.25, -0.2) is 0 Å². The van der Waals surface area contributed by atoms with Gasteiger partial charge in [-0.05, 0) is 12.8 Å². The third-order valence-electron chi connectivity index (χ3n) is 10.2. The zero-order chi connectivity index (χ0) is 31.7. The first-order valence-corrected chi connectivity index (χ1v) is 21.4. The molecule has 0 aromatic heterocycles. The Kier molecular flexibility index (Phi) is 42.5. The second-order valence-electron chi connectivity index (χ2n) is 14.8. The highest BCUT2D eigenvalue weighted by Gasteiger charge is 1.98. The van der Waals surface area contributed by atoms with Gasteiger partial charge in [-0.15, -0.1) is 0 Å². The van der Waals surface area contributed by atoms with Gasteiger partial charge in [0.15, 0.2) is 0 Å². The quantitative estimate of drug-likeness (QED) is 0.0600. The summed E-state index contributed by atoms with van der Waals surface area (Å²) in [5.41, 5.74) is 0. The first-order chi connectivity index (χ1) is 21.9. The van der Waals surface area contributed by atoms with Crippen molar-refractivity contribution in [1.82, 2.24) is 0 Å². The summed E-state index contributed by atoms with van der Waals surface area (Å²) in [4.78, 5) is 0. The van der Waals surface area contributed by atoms with Crippen LogP contribution in [-0.2, 0) is 0 Å². The van der Waals surface area contributed by atoms with Gasteiger partial charge in [0.2, 0.25) is 0 Å². The Hall–Kier alpha value is -0.260. The Bertz CT molecular complexity index is 478. The molecule has 0 fully saturated rings. The first kappa shape index (κ1) is 43.7. The second-order valence-corrected chi connectivity index (χ2v) is 14.8. The topological polar surface area (TPSA) is 0 Å². The third-order valence-corrected chi connectivity index (χ3v) is 10.2. The molecule has 0 spiro atoms. The summed E-state index contributed by atoms with van der Waals surface area (Å²) in [6.45, 7) is 7.74. The highest BCUT2D eigenvalue weighted by atomic mass is 14.0. The predicted octanol–water partition coefficient (Wildman–Crippen LogP) is 17.0. The van der Waals surface area contributed by atoms with Crippen LogP contribution in [0.3, 0.4) is 0 Å². The van der Waals surface area contributed by atoms with E-state index in [1.54, 1.807) is 0 Å². The molecule has 0 saturated carbocycles. The van der Waals surface area contributed by atoms with Gasteiger partial charge in [-0.1, -0.05) is 270 Å². The minimum atomic E-state index is 1.10. The van der Waals surface area contributed by atoms with Crippen molar-refractivity contribution in [2.75, 3.05) is 0 Å². The summed E-state index contributed by atoms with van der Waals surface area (Å²) in [5.74, 6) is 0. The SMILES string of the molecule is [CH]=CCCCCCCCCCCCCCCCCCCCCCCCCCCCCCCCCCCCCCCCCCC. The highest BCUT2D eigenvalue weighted by Crippen LogP contribution is 2.17. The summed E-state index contributed by atoms with van der Waals surface area (Å²) >= 11 is 0. The molecule has 0 aromatic rings. The molecule has 0 N–H and O–H groups in total. The molecular weight excluding hydrogens is 528 g/mol. The molecule has 0 aliphatic carbocycles. The smallest absolute Gasteiger partial charge is 0.0348 e. The molecule has 0 heteroatoms. The van der Waals surface area contributed by atoms with E-state index in [4.69, 9.17) is 6.58 Å². The molecule has 0 aromatic carbocycles. The summed E-state index contributed by atoms with van der Waals surface area (Å²) in [6, 6.07) is 0. The maximum absolute atomic E-state index is 5.43. The fraction of sp³-hybridized carbons (Fsp3) is 0.955. The van der Waals surface area contributed by atoms with Crippen LogP contribution in [0.4, 0.5) is 0 Å². The monoisotopic (exact) mass is 616 g/mol. The zero-order valence-corrected chi connectivity index (χ0v) is 31.1. The minimum absolute atomic E-state index is 1.10. The number of hydrogen-bond donors (Lipinski definition) is 0. The molecule has 0 heterocycles. The molecule has 0 aliphatic heterocycles. The van der Waals surface area contributed by atoms with Gasteiger partial charge in [0, 0.05) is 0 Å². The third kappa shape index (κ3) is 41.7. The Morgan fingerprint density at radius 1 is 0.227 bits per heavy atom. The van der Waals surface area contributed by atoms with E-state index in [-0.39, 0.29) is 0 Å². The van der Waals surface area contributed by atoms with E-state index in [0.29, 0.717) is 0 Å². The van der Waals surface area contributed by atoms with E-state index in [1.807, 2.05) is 6.08 Å². The summed E-state index contributed by atoms with van der Waals surface area (Å²) in [5, 5.41) is 0. The largest absolute Gasteiger partial charge is 0.0845 e. The van der Waals surface area contributed by atoms with Crippen LogP contribution in [-0.4, -0.2) is 0 Å². The van der Waals surface area contributed by atoms with E-state index in [2.05, 4.69) is 6.92 Å². The van der Waals surface area contributed by atoms with Gasteiger partial charge in [-0.3, -0.25) is 0 Å². The van der Waals surface area contributed by atoms with Gasteiger partial charge < -0.3 is 0 Å². The molecule has 0 bridgehead atoms. The molecule has 0 aliphatic rings. The molecule has 263 valence electrons. The van der Waals surface area contributed by atoms with E-state index < -0.39 is 0 Å². The van der Waals surface area contributed by atoms with E-state index in [0.717, 1.165) is 6.42 Å². The van der Waals surface area contributed by atoms with Crippen LogP contribution >= 0.6 is 0 Å². The van der Waals surface area contributed by atoms with Crippen molar-refractivity contribution in [2.45, 2.75) is 270 Å². The van der Waals surface area contributed by atoms with Crippen LogP contribution in [0.1, 0.15) is 270 Å². The van der Waals surface area contributed by atoms with Crippen LogP contribution in [0.5, 0.6) is 0 Å². The van der Waals surface area contributed by atoms with Crippen molar-refractivity contribution < 1.29 is 0 Å². The molecule has 0 unspecified atom stereocenters. The molecule has 0 rings (SSSR count). The number of hydrogen-bond acceptors (Lipinski definition) is 0. The van der Waals surface area contributed by atoms with E-state index in [9.17, 15) is 0 Å². The summed E-state index contributed by atoms with van der Waals surface area (Å²) < 4.78 is 0. The van der Waals surface area contributed by atoms with Gasteiger partial charge in [-0.2, -0.15) is 0 Å². The van der Waals surface area contributed by atoms with Crippen molar-refractivity contribution in [1.29, 1.82) is 0 Å². The standard InChI is InChI=1S/C44H87/c1-3-5-7-9-11-13-15-17-19-21-23-25-27-29-31-33-35-37-39-41-43-44-42-40-38-36-34-32-30-28-26-24-22-20-18-16-14-12-10-8-6-4-2/h1,3H,4-44H2,2H3. The van der Waals surface area contributed by atoms with Crippen LogP contribution in [0, 0.1) is 6.58 Å². The van der Waals surface area contributed by atoms with Crippen LogP contribution in [0.25, 0.3) is 0 Å². The van der Waals surface area contributed by atoms with Crippen molar-refractivity contribution in [3.05, 3.63) is 12.7 Å². The zero-order valence-electron chi connectivity index (χ0n) is 31.1. The Morgan fingerprint density at radius 2 is 0.364 bits per heavy atom. The fourth-order valence-corrected chi connectivity index (χ4v) is 7.05.